The smallest absolute Gasteiger partial charge is 0.363 e. The minimum atomic E-state index is -0.477. The Morgan fingerprint density at radius 3 is 2.78 bits per heavy atom. The molecular formula is C13H19N3O2. The number of nitrogens with zero attached hydrogens (tertiary/aromatic N) is 2. The zero-order valence-electron chi connectivity index (χ0n) is 10.8. The molecule has 18 heavy (non-hydrogen) atoms. The molecule has 98 valence electrons. The van der Waals surface area contributed by atoms with Crippen LogP contribution in [0.3, 0.4) is 0 Å². The first-order valence-electron chi connectivity index (χ1n) is 6.45. The summed E-state index contributed by atoms with van der Waals surface area (Å²) in [6.07, 6.45) is 5.23. The predicted molar refractivity (Wildman–Crippen MR) is 70.5 cm³/mol. The topological polar surface area (TPSA) is 68.1 Å². The van der Waals surface area contributed by atoms with E-state index in [0.29, 0.717) is 12.0 Å². The molecule has 1 aromatic heterocycles. The molecule has 3 unspecified atom stereocenters. The Kier molecular flexibility index (Phi) is 3.79. The standard InChI is InChI=1S/C13H19N3O2/c1-9-4-3-5-12(10(9)2)15-11-6-7-13(14-8-11)16(17)18/h6-10,12,15H,3-5H2,1-2H3. The van der Waals surface area contributed by atoms with Gasteiger partial charge in [0.05, 0.1) is 5.69 Å². The number of pyridine rings is 1. The summed E-state index contributed by atoms with van der Waals surface area (Å²) >= 11 is 0. The number of hydrogen-bond donors (Lipinski definition) is 1. The quantitative estimate of drug-likeness (QED) is 0.659. The normalized spacial score (nSPS) is 27.8. The van der Waals surface area contributed by atoms with E-state index >= 15 is 0 Å². The molecule has 0 radical (unpaired) electrons. The van der Waals surface area contributed by atoms with E-state index in [-0.39, 0.29) is 5.82 Å². The van der Waals surface area contributed by atoms with Crippen molar-refractivity contribution in [2.45, 2.75) is 39.2 Å². The SMILES string of the molecule is CC1CCCC(Nc2ccc([N+](=O)[O-])nc2)C1C. The fraction of sp³-hybridized carbons (Fsp3) is 0.615. The van der Waals surface area contributed by atoms with Gasteiger partial charge in [-0.1, -0.05) is 26.7 Å². The van der Waals surface area contributed by atoms with Crippen LogP contribution < -0.4 is 5.32 Å². The Morgan fingerprint density at radius 1 is 1.39 bits per heavy atom. The van der Waals surface area contributed by atoms with Gasteiger partial charge < -0.3 is 15.4 Å². The van der Waals surface area contributed by atoms with Crippen LogP contribution in [0, 0.1) is 22.0 Å². The van der Waals surface area contributed by atoms with Crippen LogP contribution in [0.2, 0.25) is 0 Å². The van der Waals surface area contributed by atoms with Gasteiger partial charge in [0.1, 0.15) is 0 Å². The molecule has 1 aliphatic carbocycles. The third-order valence-electron chi connectivity index (χ3n) is 3.99. The second kappa shape index (κ2) is 5.33. The average molecular weight is 249 g/mol. The van der Waals surface area contributed by atoms with Crippen molar-refractivity contribution in [3.8, 4) is 0 Å². The maximum Gasteiger partial charge on any atom is 0.363 e. The highest BCUT2D eigenvalue weighted by atomic mass is 16.6. The first kappa shape index (κ1) is 12.8. The molecule has 5 heteroatoms. The zero-order valence-corrected chi connectivity index (χ0v) is 10.8. The molecular weight excluding hydrogens is 230 g/mol. The molecule has 2 rings (SSSR count). The summed E-state index contributed by atoms with van der Waals surface area (Å²) in [5.74, 6) is 1.24. The molecule has 3 atom stereocenters. The van der Waals surface area contributed by atoms with Gasteiger partial charge in [-0.3, -0.25) is 0 Å². The van der Waals surface area contributed by atoms with Crippen molar-refractivity contribution in [2.24, 2.45) is 11.8 Å². The molecule has 1 saturated carbocycles. The highest BCUT2D eigenvalue weighted by Crippen LogP contribution is 2.31. The highest BCUT2D eigenvalue weighted by molar-refractivity contribution is 5.44. The Labute approximate surface area is 107 Å². The number of nitrogens with one attached hydrogen (secondary N) is 1. The minimum absolute atomic E-state index is 0.106. The summed E-state index contributed by atoms with van der Waals surface area (Å²) in [5.41, 5.74) is 0.867. The van der Waals surface area contributed by atoms with Crippen LogP contribution in [0.15, 0.2) is 18.3 Å². The monoisotopic (exact) mass is 249 g/mol. The molecule has 0 bridgehead atoms. The van der Waals surface area contributed by atoms with E-state index < -0.39 is 4.92 Å². The van der Waals surface area contributed by atoms with E-state index in [1.54, 1.807) is 12.3 Å². The fourth-order valence-electron chi connectivity index (χ4n) is 2.58. The van der Waals surface area contributed by atoms with Crippen LogP contribution in [0.4, 0.5) is 11.5 Å². The largest absolute Gasteiger partial charge is 0.379 e. The number of hydrogen-bond acceptors (Lipinski definition) is 4. The van der Waals surface area contributed by atoms with E-state index in [1.165, 1.54) is 18.9 Å². The van der Waals surface area contributed by atoms with Crippen LogP contribution in [0.25, 0.3) is 0 Å². The van der Waals surface area contributed by atoms with Crippen molar-refractivity contribution >= 4 is 11.5 Å². The predicted octanol–water partition coefficient (Wildman–Crippen LogP) is 3.23. The van der Waals surface area contributed by atoms with Gasteiger partial charge in [0.2, 0.25) is 0 Å². The van der Waals surface area contributed by atoms with Gasteiger partial charge in [0.25, 0.3) is 0 Å². The van der Waals surface area contributed by atoms with Crippen LogP contribution in [0.5, 0.6) is 0 Å². The molecule has 0 saturated heterocycles. The molecule has 0 aliphatic heterocycles. The molecule has 1 fully saturated rings. The number of rotatable bonds is 3. The maximum atomic E-state index is 10.5. The lowest BCUT2D eigenvalue weighted by Gasteiger charge is -2.34. The fourth-order valence-corrected chi connectivity index (χ4v) is 2.58. The van der Waals surface area contributed by atoms with Crippen LogP contribution in [-0.4, -0.2) is 15.9 Å². The van der Waals surface area contributed by atoms with Gasteiger partial charge in [0, 0.05) is 12.1 Å². The van der Waals surface area contributed by atoms with Gasteiger partial charge in [-0.25, -0.2) is 0 Å². The Bertz CT molecular complexity index is 419. The zero-order chi connectivity index (χ0) is 13.1. The second-order valence-corrected chi connectivity index (χ2v) is 5.18. The molecule has 0 amide bonds. The molecule has 5 nitrogen and oxygen atoms in total. The van der Waals surface area contributed by atoms with Gasteiger partial charge >= 0.3 is 5.82 Å². The first-order chi connectivity index (χ1) is 8.58. The maximum absolute atomic E-state index is 10.5. The van der Waals surface area contributed by atoms with Crippen LogP contribution >= 0.6 is 0 Å². The lowest BCUT2D eigenvalue weighted by atomic mass is 9.78. The van der Waals surface area contributed by atoms with E-state index in [9.17, 15) is 10.1 Å². The summed E-state index contributed by atoms with van der Waals surface area (Å²) in [6, 6.07) is 3.62. The molecule has 1 aromatic rings. The molecule has 0 spiro atoms. The second-order valence-electron chi connectivity index (χ2n) is 5.18. The third-order valence-corrected chi connectivity index (χ3v) is 3.99. The lowest BCUT2D eigenvalue weighted by molar-refractivity contribution is -0.389. The molecule has 1 N–H and O–H groups in total. The van der Waals surface area contributed by atoms with E-state index in [1.807, 2.05) is 0 Å². The number of anilines is 1. The van der Waals surface area contributed by atoms with E-state index in [4.69, 9.17) is 0 Å². The summed E-state index contributed by atoms with van der Waals surface area (Å²) in [7, 11) is 0. The Morgan fingerprint density at radius 2 is 2.17 bits per heavy atom. The number of aromatic nitrogens is 1. The van der Waals surface area contributed by atoms with Crippen molar-refractivity contribution in [1.82, 2.24) is 4.98 Å². The molecule has 0 aromatic carbocycles. The van der Waals surface area contributed by atoms with Crippen molar-refractivity contribution in [3.63, 3.8) is 0 Å². The Balaban J connectivity index is 2.02. The summed E-state index contributed by atoms with van der Waals surface area (Å²) in [4.78, 5) is 13.9. The van der Waals surface area contributed by atoms with Crippen molar-refractivity contribution in [3.05, 3.63) is 28.4 Å². The molecule has 1 aliphatic rings. The van der Waals surface area contributed by atoms with Crippen LogP contribution in [-0.2, 0) is 0 Å². The third kappa shape index (κ3) is 2.78. The number of nitro groups is 1. The van der Waals surface area contributed by atoms with Gasteiger partial charge in [0.15, 0.2) is 6.20 Å². The summed E-state index contributed by atoms with van der Waals surface area (Å²) < 4.78 is 0. The Hall–Kier alpha value is -1.65. The average Bonchev–Trinajstić information content (AvgIpc) is 2.36. The van der Waals surface area contributed by atoms with E-state index in [2.05, 4.69) is 24.1 Å². The van der Waals surface area contributed by atoms with Crippen molar-refractivity contribution in [2.75, 3.05) is 5.32 Å². The lowest BCUT2D eigenvalue weighted by Crippen LogP contribution is -2.35. The van der Waals surface area contributed by atoms with Gasteiger partial charge in [-0.15, -0.1) is 0 Å². The van der Waals surface area contributed by atoms with Crippen LogP contribution in [0.1, 0.15) is 33.1 Å². The first-order valence-corrected chi connectivity index (χ1v) is 6.45. The summed E-state index contributed by atoms with van der Waals surface area (Å²) in [5, 5.41) is 14.0. The van der Waals surface area contributed by atoms with E-state index in [0.717, 1.165) is 18.0 Å². The highest BCUT2D eigenvalue weighted by Gasteiger charge is 2.27. The van der Waals surface area contributed by atoms with Crippen molar-refractivity contribution in [1.29, 1.82) is 0 Å². The molecule has 1 heterocycles. The van der Waals surface area contributed by atoms with Crippen molar-refractivity contribution < 1.29 is 4.92 Å². The summed E-state index contributed by atoms with van der Waals surface area (Å²) in [6.45, 7) is 4.55. The van der Waals surface area contributed by atoms with Gasteiger partial charge in [-0.05, 0) is 34.2 Å². The minimum Gasteiger partial charge on any atom is -0.379 e. The van der Waals surface area contributed by atoms with Gasteiger partial charge in [-0.2, -0.15) is 0 Å².